The maximum Gasteiger partial charge on any atom is 0.132 e. The Morgan fingerprint density at radius 3 is 1.88 bits per heavy atom. The van der Waals surface area contributed by atoms with Crippen LogP contribution in [0.15, 0.2) is 53.0 Å². The van der Waals surface area contributed by atoms with Crippen LogP contribution >= 0.6 is 15.9 Å². The Bertz CT molecular complexity index is 1020. The maximum atomic E-state index is 13.2. The standard InChI is InChI=1S/C10H7BrFN.C10H9FN2/c1-6-8(11)5-7-9(12)3-2-4-10(7)13-6;1-6-9(12)5-7-8(11)3-2-4-10(7)13-6/h2-5H,1H3;2-5H,12H2,1H3. The van der Waals surface area contributed by atoms with Gasteiger partial charge in [-0.25, -0.2) is 8.78 Å². The van der Waals surface area contributed by atoms with E-state index >= 15 is 0 Å². The highest BCUT2D eigenvalue weighted by molar-refractivity contribution is 9.10. The smallest absolute Gasteiger partial charge is 0.132 e. The molecule has 0 saturated carbocycles. The van der Waals surface area contributed by atoms with Gasteiger partial charge in [0.05, 0.1) is 28.1 Å². The van der Waals surface area contributed by atoms with Gasteiger partial charge in [0, 0.05) is 15.2 Å². The Labute approximate surface area is 158 Å². The summed E-state index contributed by atoms with van der Waals surface area (Å²) in [7, 11) is 0. The van der Waals surface area contributed by atoms with Gasteiger partial charge in [0.25, 0.3) is 0 Å². The van der Waals surface area contributed by atoms with E-state index < -0.39 is 0 Å². The Hall–Kier alpha value is -2.60. The number of halogens is 3. The molecule has 2 aromatic heterocycles. The quantitative estimate of drug-likeness (QED) is 0.400. The zero-order valence-electron chi connectivity index (χ0n) is 14.2. The molecule has 6 heteroatoms. The highest BCUT2D eigenvalue weighted by atomic mass is 79.9. The molecular formula is C20H16BrF2N3. The summed E-state index contributed by atoms with van der Waals surface area (Å²) in [6, 6.07) is 13.1. The van der Waals surface area contributed by atoms with Gasteiger partial charge in [-0.1, -0.05) is 12.1 Å². The lowest BCUT2D eigenvalue weighted by molar-refractivity contribution is 0.639. The molecule has 2 N–H and O–H groups in total. The number of anilines is 1. The van der Waals surface area contributed by atoms with Crippen molar-refractivity contribution in [1.82, 2.24) is 9.97 Å². The average Bonchev–Trinajstić information content (AvgIpc) is 2.60. The lowest BCUT2D eigenvalue weighted by atomic mass is 10.2. The number of nitrogen functional groups attached to an aromatic ring is 1. The monoisotopic (exact) mass is 415 g/mol. The van der Waals surface area contributed by atoms with E-state index in [1.807, 2.05) is 6.92 Å². The third-order valence-electron chi connectivity index (χ3n) is 3.97. The first-order chi connectivity index (χ1) is 12.4. The van der Waals surface area contributed by atoms with Crippen molar-refractivity contribution in [3.63, 3.8) is 0 Å². The summed E-state index contributed by atoms with van der Waals surface area (Å²) < 4.78 is 27.3. The van der Waals surface area contributed by atoms with Gasteiger partial charge in [0.15, 0.2) is 0 Å². The number of rotatable bonds is 0. The molecule has 132 valence electrons. The summed E-state index contributed by atoms with van der Waals surface area (Å²) >= 11 is 3.32. The number of aromatic nitrogens is 2. The van der Waals surface area contributed by atoms with Crippen molar-refractivity contribution in [2.24, 2.45) is 0 Å². The predicted octanol–water partition coefficient (Wildman–Crippen LogP) is 5.71. The molecule has 4 rings (SSSR count). The molecule has 4 aromatic rings. The van der Waals surface area contributed by atoms with E-state index in [1.54, 1.807) is 43.3 Å². The molecule has 0 aliphatic rings. The molecule has 26 heavy (non-hydrogen) atoms. The van der Waals surface area contributed by atoms with Crippen LogP contribution in [0.5, 0.6) is 0 Å². The van der Waals surface area contributed by atoms with E-state index in [1.165, 1.54) is 12.1 Å². The summed E-state index contributed by atoms with van der Waals surface area (Å²) in [5.74, 6) is -0.512. The van der Waals surface area contributed by atoms with Gasteiger partial charge in [-0.05, 0) is 66.2 Å². The third-order valence-corrected chi connectivity index (χ3v) is 4.77. The zero-order valence-corrected chi connectivity index (χ0v) is 15.8. The van der Waals surface area contributed by atoms with Crippen molar-refractivity contribution in [2.75, 3.05) is 5.73 Å². The summed E-state index contributed by atoms with van der Waals surface area (Å²) in [6.45, 7) is 3.69. The van der Waals surface area contributed by atoms with Crippen LogP contribution in [0.4, 0.5) is 14.5 Å². The molecule has 0 radical (unpaired) electrons. The number of fused-ring (bicyclic) bond motifs is 2. The minimum absolute atomic E-state index is 0.231. The van der Waals surface area contributed by atoms with E-state index in [4.69, 9.17) is 5.73 Å². The highest BCUT2D eigenvalue weighted by Gasteiger charge is 2.04. The van der Waals surface area contributed by atoms with Gasteiger partial charge in [-0.15, -0.1) is 0 Å². The number of aryl methyl sites for hydroxylation is 2. The molecule has 0 saturated heterocycles. The van der Waals surface area contributed by atoms with Crippen LogP contribution in [-0.2, 0) is 0 Å². The van der Waals surface area contributed by atoms with Gasteiger partial charge in [0.2, 0.25) is 0 Å². The van der Waals surface area contributed by atoms with E-state index in [0.29, 0.717) is 27.5 Å². The summed E-state index contributed by atoms with van der Waals surface area (Å²) in [5, 5.41) is 1.03. The molecule has 0 amide bonds. The Morgan fingerprint density at radius 2 is 1.31 bits per heavy atom. The molecule has 0 aliphatic carbocycles. The first-order valence-corrected chi connectivity index (χ1v) is 8.69. The fourth-order valence-electron chi connectivity index (χ4n) is 2.50. The van der Waals surface area contributed by atoms with Crippen molar-refractivity contribution in [2.45, 2.75) is 13.8 Å². The molecule has 0 unspecified atom stereocenters. The third kappa shape index (κ3) is 3.65. The Balaban J connectivity index is 0.000000151. The van der Waals surface area contributed by atoms with Gasteiger partial charge in [-0.3, -0.25) is 9.97 Å². The van der Waals surface area contributed by atoms with Crippen LogP contribution in [0.1, 0.15) is 11.4 Å². The second-order valence-electron chi connectivity index (χ2n) is 5.83. The molecule has 0 bridgehead atoms. The largest absolute Gasteiger partial charge is 0.397 e. The maximum absolute atomic E-state index is 13.2. The normalized spacial score (nSPS) is 10.7. The number of nitrogens with two attached hydrogens (primary N) is 1. The van der Waals surface area contributed by atoms with Crippen molar-refractivity contribution in [1.29, 1.82) is 0 Å². The topological polar surface area (TPSA) is 51.8 Å². The predicted molar refractivity (Wildman–Crippen MR) is 105 cm³/mol. The molecule has 2 aromatic carbocycles. The summed E-state index contributed by atoms with van der Waals surface area (Å²) in [4.78, 5) is 8.42. The van der Waals surface area contributed by atoms with Crippen molar-refractivity contribution in [3.8, 4) is 0 Å². The molecule has 0 aliphatic heterocycles. The lowest BCUT2D eigenvalue weighted by Crippen LogP contribution is -1.94. The molecule has 0 fully saturated rings. The van der Waals surface area contributed by atoms with Crippen molar-refractivity contribution >= 4 is 43.4 Å². The number of nitrogens with zero attached hydrogens (tertiary/aromatic N) is 2. The summed E-state index contributed by atoms with van der Waals surface area (Å²) in [6.07, 6.45) is 0. The van der Waals surface area contributed by atoms with Crippen LogP contribution in [0.25, 0.3) is 21.8 Å². The molecule has 2 heterocycles. The van der Waals surface area contributed by atoms with Crippen LogP contribution in [0.2, 0.25) is 0 Å². The van der Waals surface area contributed by atoms with Crippen molar-refractivity contribution in [3.05, 3.63) is 76.0 Å². The van der Waals surface area contributed by atoms with Crippen LogP contribution in [0.3, 0.4) is 0 Å². The van der Waals surface area contributed by atoms with Crippen LogP contribution in [0, 0.1) is 25.5 Å². The Kier molecular flexibility index (Phi) is 5.13. The molecule has 0 spiro atoms. The first kappa shape index (κ1) is 18.2. The van der Waals surface area contributed by atoms with Crippen LogP contribution < -0.4 is 5.73 Å². The van der Waals surface area contributed by atoms with Gasteiger partial charge < -0.3 is 5.73 Å². The van der Waals surface area contributed by atoms with Gasteiger partial charge in [-0.2, -0.15) is 0 Å². The van der Waals surface area contributed by atoms with Gasteiger partial charge in [0.1, 0.15) is 11.6 Å². The minimum Gasteiger partial charge on any atom is -0.397 e. The second-order valence-corrected chi connectivity index (χ2v) is 6.69. The van der Waals surface area contributed by atoms with E-state index in [-0.39, 0.29) is 11.6 Å². The van der Waals surface area contributed by atoms with Gasteiger partial charge >= 0.3 is 0 Å². The minimum atomic E-state index is -0.281. The zero-order chi connectivity index (χ0) is 18.8. The number of pyridine rings is 2. The van der Waals surface area contributed by atoms with E-state index in [9.17, 15) is 8.78 Å². The van der Waals surface area contributed by atoms with Crippen LogP contribution in [-0.4, -0.2) is 9.97 Å². The van der Waals surface area contributed by atoms with Crippen molar-refractivity contribution < 1.29 is 8.78 Å². The fourth-order valence-corrected chi connectivity index (χ4v) is 2.82. The number of hydrogen-bond acceptors (Lipinski definition) is 3. The number of hydrogen-bond donors (Lipinski definition) is 1. The fraction of sp³-hybridized carbons (Fsp3) is 0.100. The van der Waals surface area contributed by atoms with E-state index in [2.05, 4.69) is 25.9 Å². The van der Waals surface area contributed by atoms with E-state index in [0.717, 1.165) is 15.9 Å². The highest BCUT2D eigenvalue weighted by Crippen LogP contribution is 2.23. The number of benzene rings is 2. The second kappa shape index (κ2) is 7.33. The first-order valence-electron chi connectivity index (χ1n) is 7.89. The molecule has 3 nitrogen and oxygen atoms in total. The molecule has 0 atom stereocenters. The summed E-state index contributed by atoms with van der Waals surface area (Å²) in [5.41, 5.74) is 9.10. The average molecular weight is 416 g/mol. The Morgan fingerprint density at radius 1 is 0.808 bits per heavy atom. The lowest BCUT2D eigenvalue weighted by Gasteiger charge is -2.02. The molecular weight excluding hydrogens is 400 g/mol. The SMILES string of the molecule is Cc1nc2cccc(F)c2cc1Br.Cc1nc2cccc(F)c2cc1N.